The van der Waals surface area contributed by atoms with Gasteiger partial charge < -0.3 is 19.8 Å². The van der Waals surface area contributed by atoms with Crippen molar-refractivity contribution in [2.45, 2.75) is 32.0 Å². The number of halogens is 4. The summed E-state index contributed by atoms with van der Waals surface area (Å²) in [6.07, 6.45) is 1.20. The van der Waals surface area contributed by atoms with Crippen molar-refractivity contribution in [1.82, 2.24) is 14.5 Å². The number of rotatable bonds is 12. The first kappa shape index (κ1) is 35.3. The quantitative estimate of drug-likeness (QED) is 0.107. The number of ketones is 1. The maximum absolute atomic E-state index is 13.5. The van der Waals surface area contributed by atoms with Crippen LogP contribution in [0.5, 0.6) is 11.5 Å². The summed E-state index contributed by atoms with van der Waals surface area (Å²) >= 11 is 0. The number of hydrogen-bond donors (Lipinski definition) is 1. The highest BCUT2D eigenvalue weighted by atomic mass is 19.4. The van der Waals surface area contributed by atoms with Crippen molar-refractivity contribution in [3.8, 4) is 44.9 Å². The number of nitrogens with zero attached hydrogens (tertiary/aromatic N) is 3. The highest BCUT2D eigenvalue weighted by Gasteiger charge is 2.29. The molecule has 0 radical (unpaired) electrons. The SMILES string of the molecule is COc1cc(-c2cnc(N)c(-c3ccc(CC(=O)c4cn(CC(F)(F)F)cc(-c5ccc(F)cc5)c4=O)cc3)c2)ccc1OCCN1CCCC1. The number of hydrogen-bond acceptors (Lipinski definition) is 7. The Morgan fingerprint density at radius 3 is 2.22 bits per heavy atom. The minimum atomic E-state index is -4.60. The summed E-state index contributed by atoms with van der Waals surface area (Å²) in [6, 6.07) is 19.2. The van der Waals surface area contributed by atoms with E-state index in [2.05, 4.69) is 9.88 Å². The van der Waals surface area contributed by atoms with E-state index in [1.54, 1.807) is 37.6 Å². The van der Waals surface area contributed by atoms with Crippen molar-refractivity contribution >= 4 is 11.6 Å². The summed E-state index contributed by atoms with van der Waals surface area (Å²) in [4.78, 5) is 33.5. The third-order valence-electron chi connectivity index (χ3n) is 8.81. The number of ether oxygens (including phenoxy) is 2. The molecule has 0 saturated carbocycles. The molecule has 0 atom stereocenters. The molecule has 2 N–H and O–H groups in total. The predicted octanol–water partition coefficient (Wildman–Crippen LogP) is 7.44. The number of methoxy groups -OCH3 is 1. The molecule has 264 valence electrons. The third-order valence-corrected chi connectivity index (χ3v) is 8.81. The molecular formula is C39H36F4N4O4. The number of carbonyl (C=O) groups excluding carboxylic acids is 1. The summed E-state index contributed by atoms with van der Waals surface area (Å²) in [6.45, 7) is 2.20. The molecule has 0 bridgehead atoms. The van der Waals surface area contributed by atoms with Gasteiger partial charge in [-0.1, -0.05) is 42.5 Å². The van der Waals surface area contributed by atoms with E-state index in [4.69, 9.17) is 15.2 Å². The van der Waals surface area contributed by atoms with Crippen LogP contribution < -0.4 is 20.6 Å². The van der Waals surface area contributed by atoms with Gasteiger partial charge in [0.25, 0.3) is 0 Å². The van der Waals surface area contributed by atoms with E-state index >= 15 is 0 Å². The highest BCUT2D eigenvalue weighted by Crippen LogP contribution is 2.35. The predicted molar refractivity (Wildman–Crippen MR) is 187 cm³/mol. The van der Waals surface area contributed by atoms with Gasteiger partial charge in [-0.25, -0.2) is 9.37 Å². The minimum absolute atomic E-state index is 0.138. The maximum Gasteiger partial charge on any atom is 0.406 e. The molecule has 2 aromatic heterocycles. The molecule has 51 heavy (non-hydrogen) atoms. The summed E-state index contributed by atoms with van der Waals surface area (Å²) in [7, 11) is 1.59. The first-order valence-corrected chi connectivity index (χ1v) is 16.5. The van der Waals surface area contributed by atoms with Crippen LogP contribution in [0.3, 0.4) is 0 Å². The number of anilines is 1. The zero-order chi connectivity index (χ0) is 36.1. The van der Waals surface area contributed by atoms with Gasteiger partial charge in [0.15, 0.2) is 22.7 Å². The third kappa shape index (κ3) is 8.64. The standard InChI is InChI=1S/C39H36F4N4O4/c1-50-36-20-28(10-13-35(36)51-17-16-46-14-2-3-15-46)29-19-31(38(44)45-21-29)26-6-4-25(5-7-26)18-34(48)33-23-47(24-39(41,42)43)22-32(37(33)49)27-8-11-30(40)12-9-27/h4-13,19-23H,2-3,14-18,24H2,1H3,(H2,44,45). The van der Waals surface area contributed by atoms with Gasteiger partial charge in [0, 0.05) is 48.2 Å². The fourth-order valence-electron chi connectivity index (χ4n) is 6.17. The molecule has 5 aromatic rings. The van der Waals surface area contributed by atoms with Gasteiger partial charge in [0.2, 0.25) is 0 Å². The fourth-order valence-corrected chi connectivity index (χ4v) is 6.17. The number of nitrogens with two attached hydrogens (primary N) is 1. The average Bonchev–Trinajstić information content (AvgIpc) is 3.63. The molecule has 0 aliphatic carbocycles. The Balaban J connectivity index is 1.20. The molecule has 8 nitrogen and oxygen atoms in total. The lowest BCUT2D eigenvalue weighted by molar-refractivity contribution is -0.140. The van der Waals surface area contributed by atoms with E-state index in [0.717, 1.165) is 65.4 Å². The summed E-state index contributed by atoms with van der Waals surface area (Å²) < 4.78 is 65.8. The smallest absolute Gasteiger partial charge is 0.406 e. The van der Waals surface area contributed by atoms with Crippen LogP contribution in [0.4, 0.5) is 23.4 Å². The number of Topliss-reactive ketones (excluding diaryl/α,β-unsaturated/α-hetero) is 1. The second-order valence-electron chi connectivity index (χ2n) is 12.4. The van der Waals surface area contributed by atoms with E-state index in [-0.39, 0.29) is 17.5 Å². The highest BCUT2D eigenvalue weighted by molar-refractivity contribution is 5.98. The molecule has 12 heteroatoms. The van der Waals surface area contributed by atoms with Gasteiger partial charge in [-0.15, -0.1) is 0 Å². The number of nitrogen functional groups attached to an aromatic ring is 1. The Labute approximate surface area is 292 Å². The lowest BCUT2D eigenvalue weighted by Crippen LogP contribution is -2.25. The van der Waals surface area contributed by atoms with Gasteiger partial charge in [-0.05, 0) is 78.5 Å². The van der Waals surface area contributed by atoms with Crippen LogP contribution in [0.1, 0.15) is 28.8 Å². The summed E-state index contributed by atoms with van der Waals surface area (Å²) in [5.74, 6) is 0.301. The number of pyridine rings is 2. The van der Waals surface area contributed by atoms with Crippen molar-refractivity contribution in [2.75, 3.05) is 39.1 Å². The first-order valence-electron chi connectivity index (χ1n) is 16.5. The number of carbonyl (C=O) groups is 1. The first-order chi connectivity index (χ1) is 24.5. The molecule has 0 spiro atoms. The van der Waals surface area contributed by atoms with Gasteiger partial charge in [-0.2, -0.15) is 13.2 Å². The van der Waals surface area contributed by atoms with Crippen molar-refractivity contribution in [3.05, 3.63) is 119 Å². The maximum atomic E-state index is 13.5. The molecule has 1 fully saturated rings. The summed E-state index contributed by atoms with van der Waals surface area (Å²) in [5, 5.41) is 0. The fraction of sp³-hybridized carbons (Fsp3) is 0.256. The Hall–Kier alpha value is -5.49. The van der Waals surface area contributed by atoms with E-state index < -0.39 is 35.3 Å². The van der Waals surface area contributed by atoms with Crippen LogP contribution in [0, 0.1) is 5.82 Å². The van der Waals surface area contributed by atoms with Gasteiger partial charge in [0.05, 0.1) is 12.7 Å². The Kier molecular flexibility index (Phi) is 10.5. The Morgan fingerprint density at radius 2 is 1.53 bits per heavy atom. The minimum Gasteiger partial charge on any atom is -0.493 e. The van der Waals surface area contributed by atoms with Crippen LogP contribution in [-0.2, 0) is 13.0 Å². The van der Waals surface area contributed by atoms with Crippen LogP contribution >= 0.6 is 0 Å². The normalized spacial score (nSPS) is 13.4. The van der Waals surface area contributed by atoms with Gasteiger partial charge >= 0.3 is 6.18 Å². The van der Waals surface area contributed by atoms with E-state index in [9.17, 15) is 27.2 Å². The monoisotopic (exact) mass is 700 g/mol. The van der Waals surface area contributed by atoms with Crippen LogP contribution in [0.15, 0.2) is 96.2 Å². The van der Waals surface area contributed by atoms with E-state index in [1.807, 2.05) is 24.3 Å². The van der Waals surface area contributed by atoms with Crippen molar-refractivity contribution in [2.24, 2.45) is 0 Å². The number of aromatic nitrogens is 2. The van der Waals surface area contributed by atoms with E-state index in [0.29, 0.717) is 35.1 Å². The molecule has 1 saturated heterocycles. The zero-order valence-corrected chi connectivity index (χ0v) is 27.9. The lowest BCUT2D eigenvalue weighted by atomic mass is 9.97. The average molecular weight is 701 g/mol. The van der Waals surface area contributed by atoms with Crippen LogP contribution in [-0.4, -0.2) is 59.8 Å². The van der Waals surface area contributed by atoms with Gasteiger partial charge in [0.1, 0.15) is 24.8 Å². The second-order valence-corrected chi connectivity index (χ2v) is 12.4. The number of benzene rings is 3. The number of alkyl halides is 3. The Morgan fingerprint density at radius 1 is 0.863 bits per heavy atom. The molecule has 1 aliphatic heterocycles. The molecular weight excluding hydrogens is 664 g/mol. The zero-order valence-electron chi connectivity index (χ0n) is 27.9. The van der Waals surface area contributed by atoms with Gasteiger partial charge in [-0.3, -0.25) is 14.5 Å². The van der Waals surface area contributed by atoms with Crippen LogP contribution in [0.2, 0.25) is 0 Å². The van der Waals surface area contributed by atoms with Crippen molar-refractivity contribution in [3.63, 3.8) is 0 Å². The Bertz CT molecular complexity index is 2070. The topological polar surface area (TPSA) is 99.7 Å². The molecule has 0 unspecified atom stereocenters. The van der Waals surface area contributed by atoms with E-state index in [1.165, 1.54) is 25.0 Å². The largest absolute Gasteiger partial charge is 0.493 e. The van der Waals surface area contributed by atoms with Crippen molar-refractivity contribution in [1.29, 1.82) is 0 Å². The van der Waals surface area contributed by atoms with Crippen molar-refractivity contribution < 1.29 is 31.8 Å². The second kappa shape index (κ2) is 15.2. The molecule has 1 aliphatic rings. The molecule has 3 heterocycles. The number of likely N-dealkylation sites (tertiary alicyclic amines) is 1. The summed E-state index contributed by atoms with van der Waals surface area (Å²) in [5.41, 5.74) is 8.73. The lowest BCUT2D eigenvalue weighted by Gasteiger charge is -2.17. The van der Waals surface area contributed by atoms with Crippen LogP contribution in [0.25, 0.3) is 33.4 Å². The molecule has 3 aromatic carbocycles. The molecule has 6 rings (SSSR count). The molecule has 0 amide bonds.